The number of amides is 1. The van der Waals surface area contributed by atoms with Crippen LogP contribution in [0.15, 0.2) is 42.5 Å². The van der Waals surface area contributed by atoms with Crippen molar-refractivity contribution in [3.05, 3.63) is 76.6 Å². The predicted molar refractivity (Wildman–Crippen MR) is 124 cm³/mol. The maximum Gasteiger partial charge on any atom is 0.244 e. The van der Waals surface area contributed by atoms with Crippen LogP contribution in [-0.4, -0.2) is 36.0 Å². The fraction of sp³-hybridized carbons (Fsp3) is 0.444. The zero-order valence-corrected chi connectivity index (χ0v) is 19.0. The maximum atomic E-state index is 13.7. The van der Waals surface area contributed by atoms with Crippen LogP contribution in [0.2, 0.25) is 0 Å². The van der Waals surface area contributed by atoms with Crippen LogP contribution in [0.1, 0.15) is 61.1 Å². The van der Waals surface area contributed by atoms with Crippen molar-refractivity contribution >= 4 is 12.0 Å². The third-order valence-electron chi connectivity index (χ3n) is 7.20. The van der Waals surface area contributed by atoms with E-state index in [2.05, 4.69) is 41.4 Å². The molecular formula is C27H31F3N2O. The van der Waals surface area contributed by atoms with E-state index < -0.39 is 28.9 Å². The zero-order chi connectivity index (χ0) is 23.4. The Labute approximate surface area is 193 Å². The molecule has 4 rings (SSSR count). The molecule has 0 spiro atoms. The maximum absolute atomic E-state index is 13.7. The molecule has 2 aromatic rings. The summed E-state index contributed by atoms with van der Waals surface area (Å²) in [6.45, 7) is 4.40. The molecule has 0 unspecified atom stereocenters. The van der Waals surface area contributed by atoms with Gasteiger partial charge in [0.25, 0.3) is 0 Å². The number of nitrogens with zero attached hydrogens (tertiary/aromatic N) is 1. The van der Waals surface area contributed by atoms with Crippen molar-refractivity contribution < 1.29 is 18.0 Å². The van der Waals surface area contributed by atoms with E-state index in [9.17, 15) is 18.0 Å². The molecule has 176 valence electrons. The molecule has 1 amide bonds. The Morgan fingerprint density at radius 3 is 2.30 bits per heavy atom. The zero-order valence-electron chi connectivity index (χ0n) is 19.0. The van der Waals surface area contributed by atoms with E-state index in [-0.39, 0.29) is 6.04 Å². The SMILES string of the molecule is Cc1ccccc1C1CCN(C2CCC(NC(=O)/C=C/c3c(F)ccc(F)c3F)CC2)CC1. The van der Waals surface area contributed by atoms with E-state index in [1.165, 1.54) is 24.0 Å². The first kappa shape index (κ1) is 23.6. The number of aryl methyl sites for hydroxylation is 1. The summed E-state index contributed by atoms with van der Waals surface area (Å²) in [5, 5.41) is 2.92. The Kier molecular flexibility index (Phi) is 7.53. The molecule has 1 N–H and O–H groups in total. The number of carbonyl (C=O) groups is 1. The molecule has 6 heteroatoms. The third-order valence-corrected chi connectivity index (χ3v) is 7.20. The van der Waals surface area contributed by atoms with E-state index in [1.54, 1.807) is 0 Å². The molecule has 1 aliphatic heterocycles. The summed E-state index contributed by atoms with van der Waals surface area (Å²) >= 11 is 0. The minimum atomic E-state index is -1.29. The van der Waals surface area contributed by atoms with Crippen molar-refractivity contribution in [2.24, 2.45) is 0 Å². The van der Waals surface area contributed by atoms with Gasteiger partial charge in [0.05, 0.1) is 0 Å². The van der Waals surface area contributed by atoms with Gasteiger partial charge in [-0.05, 0) is 93.8 Å². The second kappa shape index (κ2) is 10.6. The normalized spacial score (nSPS) is 22.5. The van der Waals surface area contributed by atoms with Crippen LogP contribution >= 0.6 is 0 Å². The first-order chi connectivity index (χ1) is 15.9. The van der Waals surface area contributed by atoms with Gasteiger partial charge in [0.2, 0.25) is 5.91 Å². The fourth-order valence-corrected chi connectivity index (χ4v) is 5.31. The lowest BCUT2D eigenvalue weighted by molar-refractivity contribution is -0.117. The van der Waals surface area contributed by atoms with E-state index in [1.807, 2.05) is 0 Å². The summed E-state index contributed by atoms with van der Waals surface area (Å²) in [5.74, 6) is -3.11. The van der Waals surface area contributed by atoms with Gasteiger partial charge in [0, 0.05) is 23.7 Å². The van der Waals surface area contributed by atoms with Gasteiger partial charge >= 0.3 is 0 Å². The summed E-state index contributed by atoms with van der Waals surface area (Å²) in [4.78, 5) is 14.8. The minimum Gasteiger partial charge on any atom is -0.350 e. The van der Waals surface area contributed by atoms with Gasteiger partial charge < -0.3 is 10.2 Å². The number of hydrogen-bond acceptors (Lipinski definition) is 2. The fourth-order valence-electron chi connectivity index (χ4n) is 5.31. The van der Waals surface area contributed by atoms with Crippen molar-refractivity contribution in [2.75, 3.05) is 13.1 Å². The number of rotatable bonds is 5. The summed E-state index contributed by atoms with van der Waals surface area (Å²) in [5.41, 5.74) is 2.32. The van der Waals surface area contributed by atoms with E-state index in [4.69, 9.17) is 0 Å². The first-order valence-corrected chi connectivity index (χ1v) is 11.8. The Bertz CT molecular complexity index is 1010. The lowest BCUT2D eigenvalue weighted by atomic mass is 9.84. The molecule has 0 aromatic heterocycles. The molecule has 2 aromatic carbocycles. The summed E-state index contributed by atoms with van der Waals surface area (Å²) in [7, 11) is 0. The number of likely N-dealkylation sites (tertiary alicyclic amines) is 1. The highest BCUT2D eigenvalue weighted by molar-refractivity contribution is 5.92. The van der Waals surface area contributed by atoms with Gasteiger partial charge in [-0.25, -0.2) is 13.2 Å². The number of halogens is 3. The van der Waals surface area contributed by atoms with Crippen LogP contribution in [0.3, 0.4) is 0 Å². The highest BCUT2D eigenvalue weighted by Gasteiger charge is 2.30. The average Bonchev–Trinajstić information content (AvgIpc) is 2.82. The Morgan fingerprint density at radius 1 is 0.939 bits per heavy atom. The number of piperidine rings is 1. The van der Waals surface area contributed by atoms with Crippen molar-refractivity contribution in [1.82, 2.24) is 10.2 Å². The molecule has 1 aliphatic carbocycles. The minimum absolute atomic E-state index is 0.0464. The summed E-state index contributed by atoms with van der Waals surface area (Å²) in [6, 6.07) is 10.8. The summed E-state index contributed by atoms with van der Waals surface area (Å²) < 4.78 is 40.7. The Morgan fingerprint density at radius 2 is 1.61 bits per heavy atom. The molecule has 33 heavy (non-hydrogen) atoms. The quantitative estimate of drug-likeness (QED) is 0.460. The molecule has 2 aliphatic rings. The second-order valence-corrected chi connectivity index (χ2v) is 9.27. The number of nitrogens with one attached hydrogen (secondary N) is 1. The van der Waals surface area contributed by atoms with E-state index in [0.717, 1.165) is 63.1 Å². The topological polar surface area (TPSA) is 32.3 Å². The monoisotopic (exact) mass is 456 g/mol. The molecule has 1 saturated heterocycles. The molecule has 1 heterocycles. The standard InChI is InChI=1S/C27H31F3N2O/c1-18-4-2-3-5-22(18)19-14-16-32(17-15-19)21-8-6-20(7-9-21)31-26(33)13-10-23-24(28)11-12-25(29)27(23)30/h2-5,10-13,19-21H,6-9,14-17H2,1H3,(H,31,33)/b13-10+. The molecule has 0 bridgehead atoms. The molecule has 1 saturated carbocycles. The van der Waals surface area contributed by atoms with Crippen molar-refractivity contribution in [3.8, 4) is 0 Å². The smallest absolute Gasteiger partial charge is 0.244 e. The van der Waals surface area contributed by atoms with Crippen molar-refractivity contribution in [2.45, 2.75) is 63.5 Å². The van der Waals surface area contributed by atoms with E-state index >= 15 is 0 Å². The van der Waals surface area contributed by atoms with Gasteiger partial charge in [-0.2, -0.15) is 0 Å². The van der Waals surface area contributed by atoms with Crippen LogP contribution in [0, 0.1) is 24.4 Å². The molecular weight excluding hydrogens is 425 g/mol. The van der Waals surface area contributed by atoms with Gasteiger partial charge in [-0.1, -0.05) is 24.3 Å². The van der Waals surface area contributed by atoms with Crippen LogP contribution in [0.5, 0.6) is 0 Å². The van der Waals surface area contributed by atoms with Crippen LogP contribution in [0.4, 0.5) is 13.2 Å². The highest BCUT2D eigenvalue weighted by Crippen LogP contribution is 2.33. The second-order valence-electron chi connectivity index (χ2n) is 9.27. The number of carbonyl (C=O) groups excluding carboxylic acids is 1. The van der Waals surface area contributed by atoms with Gasteiger partial charge in [-0.15, -0.1) is 0 Å². The molecule has 0 atom stereocenters. The molecule has 0 radical (unpaired) electrons. The van der Waals surface area contributed by atoms with Crippen LogP contribution < -0.4 is 5.32 Å². The van der Waals surface area contributed by atoms with Crippen molar-refractivity contribution in [3.63, 3.8) is 0 Å². The average molecular weight is 457 g/mol. The summed E-state index contributed by atoms with van der Waals surface area (Å²) in [6.07, 6.45) is 8.23. The van der Waals surface area contributed by atoms with Crippen LogP contribution in [-0.2, 0) is 4.79 Å². The lowest BCUT2D eigenvalue weighted by Gasteiger charge is -2.41. The Balaban J connectivity index is 1.23. The van der Waals surface area contributed by atoms with Gasteiger partial charge in [0.1, 0.15) is 5.82 Å². The Hall–Kier alpha value is -2.60. The van der Waals surface area contributed by atoms with Crippen LogP contribution in [0.25, 0.3) is 6.08 Å². The predicted octanol–water partition coefficient (Wildman–Crippen LogP) is 5.73. The number of benzene rings is 2. The van der Waals surface area contributed by atoms with E-state index in [0.29, 0.717) is 12.0 Å². The lowest BCUT2D eigenvalue weighted by Crippen LogP contribution is -2.46. The van der Waals surface area contributed by atoms with Gasteiger partial charge in [0.15, 0.2) is 11.6 Å². The largest absolute Gasteiger partial charge is 0.350 e. The van der Waals surface area contributed by atoms with Crippen molar-refractivity contribution in [1.29, 1.82) is 0 Å². The number of hydrogen-bond donors (Lipinski definition) is 1. The molecule has 2 fully saturated rings. The molecule has 3 nitrogen and oxygen atoms in total. The third kappa shape index (κ3) is 5.67. The highest BCUT2D eigenvalue weighted by atomic mass is 19.2. The first-order valence-electron chi connectivity index (χ1n) is 11.8. The van der Waals surface area contributed by atoms with Gasteiger partial charge in [-0.3, -0.25) is 4.79 Å².